The quantitative estimate of drug-likeness (QED) is 0.850. The molecule has 1 fully saturated rings. The van der Waals surface area contributed by atoms with Crippen molar-refractivity contribution >= 4 is 11.8 Å². The molecule has 2 N–H and O–H groups in total. The van der Waals surface area contributed by atoms with Gasteiger partial charge in [-0.05, 0) is 37.3 Å². The van der Waals surface area contributed by atoms with E-state index in [2.05, 4.69) is 20.6 Å². The Bertz CT molecular complexity index is 795. The first-order valence-corrected chi connectivity index (χ1v) is 8.74. The lowest BCUT2D eigenvalue weighted by atomic mass is 10.1. The average Bonchev–Trinajstić information content (AvgIpc) is 3.35. The Morgan fingerprint density at radius 1 is 1.40 bits per heavy atom. The van der Waals surface area contributed by atoms with Crippen LogP contribution in [0.4, 0.5) is 0 Å². The summed E-state index contributed by atoms with van der Waals surface area (Å²) in [7, 11) is 1.77. The highest BCUT2D eigenvalue weighted by Gasteiger charge is 2.33. The van der Waals surface area contributed by atoms with Gasteiger partial charge in [0.1, 0.15) is 5.69 Å². The standard InChI is InChI=1S/C17H22N6O2/c1-22-14(6-7-20-22)17(25)23-8-2-3-12(23)10-18-16(24)13-5-4-11-9-19-21-15(11)13/h6-7,9,12-13H,2-5,8,10H2,1H3,(H,18,24)(H,19,21)/t12-,13?/m0/s1. The van der Waals surface area contributed by atoms with Crippen LogP contribution in [0.5, 0.6) is 0 Å². The van der Waals surface area contributed by atoms with E-state index in [-0.39, 0.29) is 23.8 Å². The van der Waals surface area contributed by atoms with Crippen LogP contribution in [-0.4, -0.2) is 55.8 Å². The van der Waals surface area contributed by atoms with Crippen LogP contribution in [0.2, 0.25) is 0 Å². The third kappa shape index (κ3) is 2.81. The summed E-state index contributed by atoms with van der Waals surface area (Å²) < 4.78 is 1.59. The summed E-state index contributed by atoms with van der Waals surface area (Å²) in [5.74, 6) is -0.156. The zero-order valence-electron chi connectivity index (χ0n) is 14.2. The summed E-state index contributed by atoms with van der Waals surface area (Å²) in [4.78, 5) is 27.1. The Morgan fingerprint density at radius 3 is 3.08 bits per heavy atom. The van der Waals surface area contributed by atoms with Gasteiger partial charge in [0, 0.05) is 32.4 Å². The number of nitrogens with one attached hydrogen (secondary N) is 2. The van der Waals surface area contributed by atoms with E-state index in [1.807, 2.05) is 4.90 Å². The fourth-order valence-electron chi connectivity index (χ4n) is 3.92. The van der Waals surface area contributed by atoms with Crippen molar-refractivity contribution in [2.24, 2.45) is 7.05 Å². The highest BCUT2D eigenvalue weighted by atomic mass is 16.2. The molecule has 4 rings (SSSR count). The number of carbonyl (C=O) groups excluding carboxylic acids is 2. The molecular formula is C17H22N6O2. The minimum Gasteiger partial charge on any atom is -0.353 e. The molecule has 25 heavy (non-hydrogen) atoms. The predicted octanol–water partition coefficient (Wildman–Crippen LogP) is 0.594. The maximum Gasteiger partial charge on any atom is 0.272 e. The van der Waals surface area contributed by atoms with E-state index in [0.717, 1.165) is 43.5 Å². The largest absolute Gasteiger partial charge is 0.353 e. The molecule has 3 heterocycles. The van der Waals surface area contributed by atoms with Gasteiger partial charge >= 0.3 is 0 Å². The van der Waals surface area contributed by atoms with Gasteiger partial charge in [-0.3, -0.25) is 19.4 Å². The van der Waals surface area contributed by atoms with Crippen LogP contribution in [-0.2, 0) is 18.3 Å². The molecule has 0 spiro atoms. The highest BCUT2D eigenvalue weighted by molar-refractivity contribution is 5.93. The molecular weight excluding hydrogens is 320 g/mol. The van der Waals surface area contributed by atoms with Crippen molar-refractivity contribution in [1.82, 2.24) is 30.2 Å². The molecule has 2 aliphatic rings. The molecule has 0 bridgehead atoms. The Balaban J connectivity index is 1.38. The van der Waals surface area contributed by atoms with Gasteiger partial charge in [0.05, 0.1) is 17.8 Å². The number of likely N-dealkylation sites (tertiary alicyclic amines) is 1. The van der Waals surface area contributed by atoms with Gasteiger partial charge in [-0.2, -0.15) is 10.2 Å². The minimum atomic E-state index is -0.153. The maximum absolute atomic E-state index is 12.7. The number of fused-ring (bicyclic) bond motifs is 1. The lowest BCUT2D eigenvalue weighted by Crippen LogP contribution is -2.44. The third-order valence-electron chi connectivity index (χ3n) is 5.31. The Kier molecular flexibility index (Phi) is 4.03. The van der Waals surface area contributed by atoms with E-state index < -0.39 is 0 Å². The Hall–Kier alpha value is -2.64. The number of carbonyl (C=O) groups is 2. The van der Waals surface area contributed by atoms with E-state index in [1.165, 1.54) is 0 Å². The van der Waals surface area contributed by atoms with Crippen LogP contribution < -0.4 is 5.32 Å². The van der Waals surface area contributed by atoms with Crippen LogP contribution in [0.1, 0.15) is 46.9 Å². The van der Waals surface area contributed by atoms with E-state index in [1.54, 1.807) is 30.2 Å². The summed E-state index contributed by atoms with van der Waals surface area (Å²) >= 11 is 0. The molecule has 0 radical (unpaired) electrons. The number of hydrogen-bond donors (Lipinski definition) is 2. The summed E-state index contributed by atoms with van der Waals surface area (Å²) in [5.41, 5.74) is 2.65. The summed E-state index contributed by atoms with van der Waals surface area (Å²) in [6.45, 7) is 1.21. The van der Waals surface area contributed by atoms with Crippen molar-refractivity contribution in [1.29, 1.82) is 0 Å². The summed E-state index contributed by atoms with van der Waals surface area (Å²) in [6.07, 6.45) is 6.99. The van der Waals surface area contributed by atoms with Gasteiger partial charge in [0.25, 0.3) is 5.91 Å². The Labute approximate surface area is 145 Å². The highest BCUT2D eigenvalue weighted by Crippen LogP contribution is 2.31. The van der Waals surface area contributed by atoms with Crippen molar-refractivity contribution in [3.05, 3.63) is 35.4 Å². The molecule has 1 unspecified atom stereocenters. The normalized spacial score (nSPS) is 22.2. The average molecular weight is 342 g/mol. The second-order valence-corrected chi connectivity index (χ2v) is 6.78. The fourth-order valence-corrected chi connectivity index (χ4v) is 3.92. The summed E-state index contributed by atoms with van der Waals surface area (Å²) in [6, 6.07) is 1.77. The van der Waals surface area contributed by atoms with Crippen LogP contribution in [0.25, 0.3) is 0 Å². The van der Waals surface area contributed by atoms with Gasteiger partial charge in [-0.15, -0.1) is 0 Å². The number of aryl methyl sites for hydroxylation is 2. The molecule has 2 aromatic heterocycles. The van der Waals surface area contributed by atoms with Gasteiger partial charge in [0.2, 0.25) is 5.91 Å². The van der Waals surface area contributed by atoms with Gasteiger partial charge < -0.3 is 10.2 Å². The van der Waals surface area contributed by atoms with Gasteiger partial charge in [-0.25, -0.2) is 0 Å². The topological polar surface area (TPSA) is 95.9 Å². The second-order valence-electron chi connectivity index (χ2n) is 6.78. The zero-order chi connectivity index (χ0) is 17.4. The second kappa shape index (κ2) is 6.34. The first-order valence-electron chi connectivity index (χ1n) is 8.74. The van der Waals surface area contributed by atoms with Crippen molar-refractivity contribution in [2.75, 3.05) is 13.1 Å². The van der Waals surface area contributed by atoms with E-state index in [9.17, 15) is 9.59 Å². The van der Waals surface area contributed by atoms with E-state index in [0.29, 0.717) is 12.2 Å². The van der Waals surface area contributed by atoms with Gasteiger partial charge in [-0.1, -0.05) is 0 Å². The molecule has 0 aromatic carbocycles. The van der Waals surface area contributed by atoms with Gasteiger partial charge in [0.15, 0.2) is 0 Å². The molecule has 132 valence electrons. The molecule has 8 nitrogen and oxygen atoms in total. The maximum atomic E-state index is 12.7. The molecule has 1 saturated heterocycles. The molecule has 8 heteroatoms. The predicted molar refractivity (Wildman–Crippen MR) is 89.9 cm³/mol. The SMILES string of the molecule is Cn1nccc1C(=O)N1CCC[C@H]1CNC(=O)C1CCc2cn[nH]c21. The van der Waals surface area contributed by atoms with Crippen molar-refractivity contribution in [3.63, 3.8) is 0 Å². The fraction of sp³-hybridized carbons (Fsp3) is 0.529. The number of aromatic amines is 1. The van der Waals surface area contributed by atoms with E-state index in [4.69, 9.17) is 0 Å². The third-order valence-corrected chi connectivity index (χ3v) is 5.31. The smallest absolute Gasteiger partial charge is 0.272 e. The number of aromatic nitrogens is 4. The van der Waals surface area contributed by atoms with Crippen molar-refractivity contribution in [3.8, 4) is 0 Å². The molecule has 1 aliphatic carbocycles. The van der Waals surface area contributed by atoms with Crippen LogP contribution in [0, 0.1) is 0 Å². The number of rotatable bonds is 4. The zero-order valence-corrected chi connectivity index (χ0v) is 14.2. The van der Waals surface area contributed by atoms with Crippen molar-refractivity contribution < 1.29 is 9.59 Å². The van der Waals surface area contributed by atoms with Crippen LogP contribution in [0.3, 0.4) is 0 Å². The first kappa shape index (κ1) is 15.9. The Morgan fingerprint density at radius 2 is 2.28 bits per heavy atom. The molecule has 2 atom stereocenters. The van der Waals surface area contributed by atoms with Crippen LogP contribution in [0.15, 0.2) is 18.5 Å². The van der Waals surface area contributed by atoms with Crippen LogP contribution >= 0.6 is 0 Å². The van der Waals surface area contributed by atoms with E-state index >= 15 is 0 Å². The number of amides is 2. The first-order chi connectivity index (χ1) is 12.1. The lowest BCUT2D eigenvalue weighted by molar-refractivity contribution is -0.122. The number of H-pyrrole nitrogens is 1. The monoisotopic (exact) mass is 342 g/mol. The molecule has 2 aromatic rings. The molecule has 0 saturated carbocycles. The van der Waals surface area contributed by atoms with Crippen molar-refractivity contribution in [2.45, 2.75) is 37.6 Å². The molecule has 2 amide bonds. The summed E-state index contributed by atoms with van der Waals surface area (Å²) in [5, 5.41) is 14.1. The molecule has 1 aliphatic heterocycles. The minimum absolute atomic E-state index is 0.0165. The number of hydrogen-bond acceptors (Lipinski definition) is 4. The lowest BCUT2D eigenvalue weighted by Gasteiger charge is -2.25. The number of nitrogens with zero attached hydrogens (tertiary/aromatic N) is 4.